The van der Waals surface area contributed by atoms with E-state index in [0.29, 0.717) is 17.4 Å². The summed E-state index contributed by atoms with van der Waals surface area (Å²) in [6, 6.07) is 8.19. The first-order valence-corrected chi connectivity index (χ1v) is 7.40. The molecule has 2 aromatic rings. The largest absolute Gasteiger partial charge is 0.388 e. The van der Waals surface area contributed by atoms with Gasteiger partial charge in [0, 0.05) is 13.5 Å². The first-order valence-electron chi connectivity index (χ1n) is 7.02. The maximum atomic E-state index is 10.6. The molecule has 0 saturated heterocycles. The van der Waals surface area contributed by atoms with Crippen LogP contribution < -0.4 is 0 Å². The van der Waals surface area contributed by atoms with Crippen LogP contribution in [0.1, 0.15) is 47.4 Å². The number of halogens is 1. The van der Waals surface area contributed by atoms with Crippen molar-refractivity contribution in [1.82, 2.24) is 9.78 Å². The zero-order chi connectivity index (χ0) is 14.3. The number of nitrogens with zero attached hydrogens (tertiary/aromatic N) is 2. The molecule has 1 fully saturated rings. The molecule has 0 amide bonds. The average molecular weight is 291 g/mol. The van der Waals surface area contributed by atoms with E-state index in [1.54, 1.807) is 4.68 Å². The van der Waals surface area contributed by atoms with Crippen LogP contribution in [0.25, 0.3) is 0 Å². The van der Waals surface area contributed by atoms with Gasteiger partial charge >= 0.3 is 0 Å². The summed E-state index contributed by atoms with van der Waals surface area (Å²) in [7, 11) is 1.87. The second-order valence-corrected chi connectivity index (χ2v) is 5.97. The van der Waals surface area contributed by atoms with Crippen LogP contribution in [0.2, 0.25) is 5.02 Å². The van der Waals surface area contributed by atoms with E-state index < -0.39 is 6.10 Å². The van der Waals surface area contributed by atoms with E-state index in [1.807, 2.05) is 32.2 Å². The second-order valence-electron chi connectivity index (χ2n) is 5.59. The fourth-order valence-corrected chi connectivity index (χ4v) is 3.01. The molecule has 1 heterocycles. The Balaban J connectivity index is 1.88. The number of aliphatic hydroxyl groups excluding tert-OH is 1. The molecule has 1 N–H and O–H groups in total. The van der Waals surface area contributed by atoms with Crippen molar-refractivity contribution in [2.45, 2.75) is 38.2 Å². The van der Waals surface area contributed by atoms with Crippen molar-refractivity contribution in [3.05, 3.63) is 51.8 Å². The number of benzene rings is 1. The van der Waals surface area contributed by atoms with Crippen molar-refractivity contribution < 1.29 is 5.11 Å². The van der Waals surface area contributed by atoms with E-state index in [0.717, 1.165) is 17.0 Å². The summed E-state index contributed by atoms with van der Waals surface area (Å²) >= 11 is 6.27. The van der Waals surface area contributed by atoms with Crippen LogP contribution in [0.4, 0.5) is 0 Å². The van der Waals surface area contributed by atoms with Crippen molar-refractivity contribution in [2.24, 2.45) is 7.05 Å². The van der Waals surface area contributed by atoms with Gasteiger partial charge in [0.05, 0.1) is 22.5 Å². The lowest BCUT2D eigenvalue weighted by Gasteiger charge is -2.15. The predicted molar refractivity (Wildman–Crippen MR) is 80.0 cm³/mol. The lowest BCUT2D eigenvalue weighted by atomic mass is 9.96. The minimum atomic E-state index is -0.529. The van der Waals surface area contributed by atoms with Gasteiger partial charge in [0.25, 0.3) is 0 Å². The van der Waals surface area contributed by atoms with Crippen molar-refractivity contribution in [3.63, 3.8) is 0 Å². The van der Waals surface area contributed by atoms with Crippen LogP contribution in [-0.2, 0) is 13.5 Å². The number of hydrogen-bond donors (Lipinski definition) is 1. The average Bonchev–Trinajstić information content (AvgIpc) is 3.24. The molecule has 3 rings (SSSR count). The van der Waals surface area contributed by atoms with Crippen LogP contribution >= 0.6 is 11.6 Å². The molecule has 1 aliphatic rings. The van der Waals surface area contributed by atoms with E-state index in [2.05, 4.69) is 11.2 Å². The highest BCUT2D eigenvalue weighted by molar-refractivity contribution is 6.31. The molecule has 0 spiro atoms. The third-order valence-corrected chi connectivity index (χ3v) is 4.51. The highest BCUT2D eigenvalue weighted by Gasteiger charge is 2.28. The maximum Gasteiger partial charge on any atom is 0.0848 e. The van der Waals surface area contributed by atoms with Gasteiger partial charge in [-0.15, -0.1) is 0 Å². The molecule has 1 aliphatic carbocycles. The Kier molecular flexibility index (Phi) is 3.57. The molecule has 0 aliphatic heterocycles. The summed E-state index contributed by atoms with van der Waals surface area (Å²) in [4.78, 5) is 0. The molecule has 4 heteroatoms. The molecule has 0 bridgehead atoms. The zero-order valence-corrected chi connectivity index (χ0v) is 12.6. The van der Waals surface area contributed by atoms with Gasteiger partial charge < -0.3 is 5.11 Å². The smallest absolute Gasteiger partial charge is 0.0848 e. The summed E-state index contributed by atoms with van der Waals surface area (Å²) < 4.78 is 1.76. The van der Waals surface area contributed by atoms with E-state index in [4.69, 9.17) is 11.6 Å². The van der Waals surface area contributed by atoms with E-state index in [1.165, 1.54) is 18.4 Å². The number of aryl methyl sites for hydroxylation is 2. The topological polar surface area (TPSA) is 38.0 Å². The number of hydrogen-bond acceptors (Lipinski definition) is 2. The molecule has 1 atom stereocenters. The highest BCUT2D eigenvalue weighted by Crippen LogP contribution is 2.43. The molecule has 3 nitrogen and oxygen atoms in total. The van der Waals surface area contributed by atoms with Crippen LogP contribution in [0.5, 0.6) is 0 Å². The maximum absolute atomic E-state index is 10.6. The van der Waals surface area contributed by atoms with Crippen LogP contribution in [0.3, 0.4) is 0 Å². The zero-order valence-electron chi connectivity index (χ0n) is 11.8. The summed E-state index contributed by atoms with van der Waals surface area (Å²) in [6.07, 6.45) is 2.43. The van der Waals surface area contributed by atoms with Gasteiger partial charge in [-0.2, -0.15) is 5.10 Å². The molecule has 1 aromatic heterocycles. The Hall–Kier alpha value is -1.32. The van der Waals surface area contributed by atoms with Crippen molar-refractivity contribution in [1.29, 1.82) is 0 Å². The van der Waals surface area contributed by atoms with Crippen LogP contribution in [0, 0.1) is 6.92 Å². The van der Waals surface area contributed by atoms with Gasteiger partial charge in [-0.1, -0.05) is 35.9 Å². The molecule has 0 radical (unpaired) electrons. The molecule has 1 unspecified atom stereocenters. The Bertz CT molecular complexity index is 631. The van der Waals surface area contributed by atoms with E-state index in [9.17, 15) is 5.11 Å². The lowest BCUT2D eigenvalue weighted by molar-refractivity contribution is 0.174. The Morgan fingerprint density at radius 2 is 2.10 bits per heavy atom. The third-order valence-electron chi connectivity index (χ3n) is 4.02. The first-order chi connectivity index (χ1) is 9.58. The predicted octanol–water partition coefficient (Wildman–Crippen LogP) is 3.54. The van der Waals surface area contributed by atoms with Gasteiger partial charge in [0.15, 0.2) is 0 Å². The monoisotopic (exact) mass is 290 g/mol. The van der Waals surface area contributed by atoms with Crippen molar-refractivity contribution >= 4 is 11.6 Å². The third kappa shape index (κ3) is 2.48. The second kappa shape index (κ2) is 5.23. The summed E-state index contributed by atoms with van der Waals surface area (Å²) in [6.45, 7) is 1.89. The Labute approximate surface area is 124 Å². The van der Waals surface area contributed by atoms with Gasteiger partial charge in [-0.05, 0) is 36.8 Å². The molecule has 106 valence electrons. The van der Waals surface area contributed by atoms with Crippen molar-refractivity contribution in [3.8, 4) is 0 Å². The quantitative estimate of drug-likeness (QED) is 0.935. The standard InChI is InChI=1S/C16H19ClN2O/c1-10-16(17)14(19(2)18-10)9-15(20)13-6-4-3-5-12(13)11-7-8-11/h3-6,11,15,20H,7-9H2,1-2H3. The molecule has 20 heavy (non-hydrogen) atoms. The van der Waals surface area contributed by atoms with Gasteiger partial charge in [0.2, 0.25) is 0 Å². The molecular weight excluding hydrogens is 272 g/mol. The summed E-state index contributed by atoms with van der Waals surface area (Å²) in [5.74, 6) is 0.629. The Morgan fingerprint density at radius 3 is 2.70 bits per heavy atom. The molecular formula is C16H19ClN2O. The fraction of sp³-hybridized carbons (Fsp3) is 0.438. The minimum absolute atomic E-state index is 0.500. The summed E-state index contributed by atoms with van der Waals surface area (Å²) in [5, 5.41) is 15.6. The van der Waals surface area contributed by atoms with Gasteiger partial charge in [-0.3, -0.25) is 4.68 Å². The minimum Gasteiger partial charge on any atom is -0.388 e. The lowest BCUT2D eigenvalue weighted by Crippen LogP contribution is -2.08. The van der Waals surface area contributed by atoms with Crippen molar-refractivity contribution in [2.75, 3.05) is 0 Å². The summed E-state index contributed by atoms with van der Waals surface area (Å²) in [5.41, 5.74) is 4.02. The Morgan fingerprint density at radius 1 is 1.40 bits per heavy atom. The number of aromatic nitrogens is 2. The first kappa shape index (κ1) is 13.7. The number of aliphatic hydroxyl groups is 1. The van der Waals surface area contributed by atoms with Crippen LogP contribution in [0.15, 0.2) is 24.3 Å². The van der Waals surface area contributed by atoms with E-state index in [-0.39, 0.29) is 0 Å². The van der Waals surface area contributed by atoms with E-state index >= 15 is 0 Å². The number of rotatable bonds is 4. The van der Waals surface area contributed by atoms with Gasteiger partial charge in [0.1, 0.15) is 0 Å². The SMILES string of the molecule is Cc1nn(C)c(CC(O)c2ccccc2C2CC2)c1Cl. The fourth-order valence-electron chi connectivity index (χ4n) is 2.78. The van der Waals surface area contributed by atoms with Gasteiger partial charge in [-0.25, -0.2) is 0 Å². The normalized spacial score (nSPS) is 16.4. The molecule has 1 aromatic carbocycles. The van der Waals surface area contributed by atoms with Crippen LogP contribution in [-0.4, -0.2) is 14.9 Å². The molecule has 1 saturated carbocycles. The highest BCUT2D eigenvalue weighted by atomic mass is 35.5.